The third-order valence-corrected chi connectivity index (χ3v) is 4.86. The number of rotatable bonds is 4. The molecule has 0 saturated heterocycles. The molecule has 2 aliphatic carbocycles. The molecule has 0 aromatic carbocycles. The Kier molecular flexibility index (Phi) is 4.94. The lowest BCUT2D eigenvalue weighted by atomic mass is 9.88. The van der Waals surface area contributed by atoms with Crippen LogP contribution in [0.3, 0.4) is 0 Å². The molecule has 0 radical (unpaired) electrons. The molecule has 1 aromatic heterocycles. The fourth-order valence-corrected chi connectivity index (χ4v) is 3.62. The fraction of sp³-hybridized carbons (Fsp3) is 0.765. The molecule has 21 heavy (non-hydrogen) atoms. The van der Waals surface area contributed by atoms with Crippen molar-refractivity contribution in [3.8, 4) is 5.88 Å². The highest BCUT2D eigenvalue weighted by Crippen LogP contribution is 2.32. The summed E-state index contributed by atoms with van der Waals surface area (Å²) in [4.78, 5) is 9.39. The summed E-state index contributed by atoms with van der Waals surface area (Å²) in [5.41, 5.74) is 0. The van der Waals surface area contributed by atoms with Crippen LogP contribution in [0.15, 0.2) is 6.07 Å². The van der Waals surface area contributed by atoms with Crippen molar-refractivity contribution in [2.45, 2.75) is 76.2 Å². The van der Waals surface area contributed by atoms with E-state index in [0.717, 1.165) is 11.6 Å². The van der Waals surface area contributed by atoms with Crippen LogP contribution < -0.4 is 10.1 Å². The van der Waals surface area contributed by atoms with Crippen LogP contribution in [0.25, 0.3) is 0 Å². The van der Waals surface area contributed by atoms with E-state index < -0.39 is 0 Å². The van der Waals surface area contributed by atoms with Gasteiger partial charge in [-0.3, -0.25) is 0 Å². The van der Waals surface area contributed by atoms with Gasteiger partial charge in [-0.25, -0.2) is 4.98 Å². The van der Waals surface area contributed by atoms with Crippen LogP contribution in [-0.2, 0) is 0 Å². The van der Waals surface area contributed by atoms with Gasteiger partial charge in [-0.05, 0) is 25.7 Å². The van der Waals surface area contributed by atoms with Gasteiger partial charge in [-0.2, -0.15) is 4.98 Å². The zero-order valence-electron chi connectivity index (χ0n) is 13.1. The maximum absolute atomic E-state index is 5.38. The summed E-state index contributed by atoms with van der Waals surface area (Å²) in [6, 6.07) is 2.51. The van der Waals surface area contributed by atoms with Gasteiger partial charge in [0.1, 0.15) is 11.6 Å². The van der Waals surface area contributed by atoms with Gasteiger partial charge in [0.2, 0.25) is 5.88 Å². The summed E-state index contributed by atoms with van der Waals surface area (Å²) in [7, 11) is 1.69. The van der Waals surface area contributed by atoms with Gasteiger partial charge in [-0.15, -0.1) is 0 Å². The number of nitrogens with zero attached hydrogens (tertiary/aromatic N) is 2. The van der Waals surface area contributed by atoms with Gasteiger partial charge in [0.15, 0.2) is 0 Å². The Labute approximate surface area is 127 Å². The maximum Gasteiger partial charge on any atom is 0.218 e. The number of methoxy groups -OCH3 is 1. The third kappa shape index (κ3) is 3.86. The zero-order chi connectivity index (χ0) is 14.5. The van der Waals surface area contributed by atoms with Gasteiger partial charge in [0.25, 0.3) is 0 Å². The lowest BCUT2D eigenvalue weighted by Gasteiger charge is -2.25. The van der Waals surface area contributed by atoms with Crippen LogP contribution in [0.2, 0.25) is 0 Å². The molecular formula is C17H27N3O. The molecule has 0 aliphatic heterocycles. The van der Waals surface area contributed by atoms with Crippen LogP contribution in [0, 0.1) is 0 Å². The van der Waals surface area contributed by atoms with Gasteiger partial charge in [0, 0.05) is 18.0 Å². The Morgan fingerprint density at radius 1 is 0.952 bits per heavy atom. The summed E-state index contributed by atoms with van der Waals surface area (Å²) >= 11 is 0. The van der Waals surface area contributed by atoms with Crippen molar-refractivity contribution in [1.82, 2.24) is 9.97 Å². The van der Waals surface area contributed by atoms with Crippen molar-refractivity contribution in [1.29, 1.82) is 0 Å². The number of anilines is 1. The first kappa shape index (κ1) is 14.6. The monoisotopic (exact) mass is 289 g/mol. The van der Waals surface area contributed by atoms with Crippen molar-refractivity contribution in [2.75, 3.05) is 12.4 Å². The predicted molar refractivity (Wildman–Crippen MR) is 84.9 cm³/mol. The van der Waals surface area contributed by atoms with Crippen molar-refractivity contribution < 1.29 is 4.74 Å². The maximum atomic E-state index is 5.38. The molecule has 116 valence electrons. The number of nitrogens with one attached hydrogen (secondary N) is 1. The largest absolute Gasteiger partial charge is 0.481 e. The second-order valence-electron chi connectivity index (χ2n) is 6.47. The summed E-state index contributed by atoms with van der Waals surface area (Å²) in [5.74, 6) is 3.14. The first-order valence-corrected chi connectivity index (χ1v) is 8.54. The van der Waals surface area contributed by atoms with Gasteiger partial charge in [0.05, 0.1) is 7.11 Å². The number of hydrogen-bond acceptors (Lipinski definition) is 4. The molecule has 2 saturated carbocycles. The van der Waals surface area contributed by atoms with Crippen molar-refractivity contribution in [3.05, 3.63) is 11.9 Å². The van der Waals surface area contributed by atoms with Crippen molar-refractivity contribution in [3.63, 3.8) is 0 Å². The average Bonchev–Trinajstić information content (AvgIpc) is 2.56. The van der Waals surface area contributed by atoms with Crippen molar-refractivity contribution >= 4 is 5.82 Å². The Bertz CT molecular complexity index is 451. The Balaban J connectivity index is 1.75. The van der Waals surface area contributed by atoms with Crippen LogP contribution in [0.5, 0.6) is 5.88 Å². The third-order valence-electron chi connectivity index (χ3n) is 4.86. The Morgan fingerprint density at radius 3 is 2.29 bits per heavy atom. The molecular weight excluding hydrogens is 262 g/mol. The normalized spacial score (nSPS) is 21.2. The van der Waals surface area contributed by atoms with E-state index in [1.807, 2.05) is 6.07 Å². The quantitative estimate of drug-likeness (QED) is 0.898. The number of hydrogen-bond donors (Lipinski definition) is 1. The standard InChI is InChI=1S/C17H27N3O/c1-21-16-12-15(18-14-10-6-3-7-11-14)19-17(20-16)13-8-4-2-5-9-13/h12-14H,2-11H2,1H3,(H,18,19,20). The molecule has 2 aliphatic rings. The van der Waals surface area contributed by atoms with Gasteiger partial charge < -0.3 is 10.1 Å². The van der Waals surface area contributed by atoms with E-state index in [4.69, 9.17) is 9.72 Å². The molecule has 0 unspecified atom stereocenters. The molecule has 4 nitrogen and oxygen atoms in total. The van der Waals surface area contributed by atoms with Gasteiger partial charge >= 0.3 is 0 Å². The summed E-state index contributed by atoms with van der Waals surface area (Å²) in [5, 5.41) is 3.60. The zero-order valence-corrected chi connectivity index (χ0v) is 13.1. The van der Waals surface area contributed by atoms with Crippen molar-refractivity contribution in [2.24, 2.45) is 0 Å². The highest BCUT2D eigenvalue weighted by Gasteiger charge is 2.21. The van der Waals surface area contributed by atoms with E-state index >= 15 is 0 Å². The number of aromatic nitrogens is 2. The lowest BCUT2D eigenvalue weighted by Crippen LogP contribution is -2.23. The summed E-state index contributed by atoms with van der Waals surface area (Å²) in [6.07, 6.45) is 12.9. The smallest absolute Gasteiger partial charge is 0.218 e. The molecule has 0 atom stereocenters. The fourth-order valence-electron chi connectivity index (χ4n) is 3.62. The van der Waals surface area contributed by atoms with E-state index in [2.05, 4.69) is 10.3 Å². The van der Waals surface area contributed by atoms with Crippen LogP contribution in [0.1, 0.15) is 76.0 Å². The molecule has 0 bridgehead atoms. The minimum atomic E-state index is 0.515. The van der Waals surface area contributed by atoms with E-state index in [1.54, 1.807) is 7.11 Å². The second-order valence-corrected chi connectivity index (χ2v) is 6.47. The molecule has 1 heterocycles. The van der Waals surface area contributed by atoms with E-state index in [0.29, 0.717) is 17.8 Å². The molecule has 0 amide bonds. The minimum Gasteiger partial charge on any atom is -0.481 e. The van der Waals surface area contributed by atoms with E-state index in [1.165, 1.54) is 64.2 Å². The van der Waals surface area contributed by atoms with E-state index in [-0.39, 0.29) is 0 Å². The minimum absolute atomic E-state index is 0.515. The summed E-state index contributed by atoms with van der Waals surface area (Å²) < 4.78 is 5.38. The molecule has 2 fully saturated rings. The molecule has 0 spiro atoms. The highest BCUT2D eigenvalue weighted by molar-refractivity contribution is 5.40. The molecule has 1 N–H and O–H groups in total. The second kappa shape index (κ2) is 7.10. The Morgan fingerprint density at radius 2 is 1.62 bits per heavy atom. The first-order valence-electron chi connectivity index (χ1n) is 8.54. The van der Waals surface area contributed by atoms with Crippen LogP contribution in [0.4, 0.5) is 5.82 Å². The molecule has 3 rings (SSSR count). The highest BCUT2D eigenvalue weighted by atomic mass is 16.5. The van der Waals surface area contributed by atoms with Gasteiger partial charge in [-0.1, -0.05) is 38.5 Å². The van der Waals surface area contributed by atoms with E-state index in [9.17, 15) is 0 Å². The average molecular weight is 289 g/mol. The molecule has 4 heteroatoms. The molecule has 1 aromatic rings. The lowest BCUT2D eigenvalue weighted by molar-refractivity contribution is 0.383. The van der Waals surface area contributed by atoms with Crippen LogP contribution >= 0.6 is 0 Å². The topological polar surface area (TPSA) is 47.0 Å². The predicted octanol–water partition coefficient (Wildman–Crippen LogP) is 4.28. The van der Waals surface area contributed by atoms with Crippen LogP contribution in [-0.4, -0.2) is 23.1 Å². The Hall–Kier alpha value is -1.32. The number of ether oxygens (including phenoxy) is 1. The SMILES string of the molecule is COc1cc(NC2CCCCC2)nc(C2CCCCC2)n1. The first-order chi connectivity index (χ1) is 10.3. The summed E-state index contributed by atoms with van der Waals surface area (Å²) in [6.45, 7) is 0.